The van der Waals surface area contributed by atoms with Crippen LogP contribution in [-0.4, -0.2) is 10.9 Å². The summed E-state index contributed by atoms with van der Waals surface area (Å²) in [6, 6.07) is 2.97. The van der Waals surface area contributed by atoms with E-state index in [9.17, 15) is 14.9 Å². The zero-order valence-corrected chi connectivity index (χ0v) is 10.8. The van der Waals surface area contributed by atoms with Crippen molar-refractivity contribution in [2.75, 3.05) is 0 Å². The third-order valence-corrected chi connectivity index (χ3v) is 2.72. The Morgan fingerprint density at radius 1 is 1.53 bits per heavy atom. The molecule has 0 saturated carbocycles. The second-order valence-electron chi connectivity index (χ2n) is 3.14. The number of carbonyl (C=O) groups is 1. The Morgan fingerprint density at radius 3 is 2.65 bits per heavy atom. The SMILES string of the molecule is CCc1c(Br)ccc(OOC(C)=O)c1[N+](=O)[O-]. The van der Waals surface area contributed by atoms with Gasteiger partial charge in [-0.3, -0.25) is 19.9 Å². The topological polar surface area (TPSA) is 78.7 Å². The van der Waals surface area contributed by atoms with Gasteiger partial charge in [-0.2, -0.15) is 0 Å². The van der Waals surface area contributed by atoms with Crippen molar-refractivity contribution < 1.29 is 19.5 Å². The third kappa shape index (κ3) is 3.16. The number of nitro groups is 1. The minimum Gasteiger partial charge on any atom is -0.280 e. The maximum Gasteiger partial charge on any atom is 0.352 e. The summed E-state index contributed by atoms with van der Waals surface area (Å²) >= 11 is 3.22. The molecule has 0 bridgehead atoms. The molecule has 0 heterocycles. The molecular weight excluding hydrogens is 294 g/mol. The van der Waals surface area contributed by atoms with Crippen molar-refractivity contribution in [2.45, 2.75) is 20.3 Å². The second kappa shape index (κ2) is 5.62. The molecule has 0 unspecified atom stereocenters. The normalized spacial score (nSPS) is 9.82. The lowest BCUT2D eigenvalue weighted by Gasteiger charge is -2.07. The molecule has 1 aromatic carbocycles. The lowest BCUT2D eigenvalue weighted by molar-refractivity contribution is -0.388. The van der Waals surface area contributed by atoms with Gasteiger partial charge in [-0.25, -0.2) is 4.79 Å². The van der Waals surface area contributed by atoms with Gasteiger partial charge in [0.05, 0.1) is 4.92 Å². The molecule has 92 valence electrons. The lowest BCUT2D eigenvalue weighted by atomic mass is 10.1. The third-order valence-electron chi connectivity index (χ3n) is 1.97. The fourth-order valence-electron chi connectivity index (χ4n) is 1.30. The summed E-state index contributed by atoms with van der Waals surface area (Å²) in [7, 11) is 0. The standard InChI is InChI=1S/C10H10BrNO5/c1-3-7-8(11)4-5-9(10(7)12(14)15)17-16-6(2)13/h4-5H,3H2,1-2H3. The van der Waals surface area contributed by atoms with Crippen molar-refractivity contribution in [1.29, 1.82) is 0 Å². The lowest BCUT2D eigenvalue weighted by Crippen LogP contribution is -2.06. The minimum atomic E-state index is -0.680. The molecule has 1 rings (SSSR count). The number of halogens is 1. The summed E-state index contributed by atoms with van der Waals surface area (Å²) < 4.78 is 0.613. The van der Waals surface area contributed by atoms with E-state index in [4.69, 9.17) is 0 Å². The van der Waals surface area contributed by atoms with Gasteiger partial charge in [0.15, 0.2) is 0 Å². The van der Waals surface area contributed by atoms with Gasteiger partial charge in [-0.15, -0.1) is 0 Å². The summed E-state index contributed by atoms with van der Waals surface area (Å²) in [5.74, 6) is -0.773. The zero-order chi connectivity index (χ0) is 13.0. The van der Waals surface area contributed by atoms with Gasteiger partial charge in [0.25, 0.3) is 5.75 Å². The average molecular weight is 304 g/mol. The van der Waals surface area contributed by atoms with Gasteiger partial charge < -0.3 is 0 Å². The molecule has 0 aromatic heterocycles. The first-order valence-corrected chi connectivity index (χ1v) is 5.57. The van der Waals surface area contributed by atoms with Crippen LogP contribution in [0, 0.1) is 10.1 Å². The van der Waals surface area contributed by atoms with Crippen LogP contribution < -0.4 is 4.89 Å². The smallest absolute Gasteiger partial charge is 0.280 e. The summed E-state index contributed by atoms with van der Waals surface area (Å²) in [6.45, 7) is 2.92. The minimum absolute atomic E-state index is 0.0924. The van der Waals surface area contributed by atoms with Crippen molar-refractivity contribution in [3.8, 4) is 5.75 Å². The first-order valence-electron chi connectivity index (χ1n) is 4.78. The highest BCUT2D eigenvalue weighted by Crippen LogP contribution is 2.36. The van der Waals surface area contributed by atoms with E-state index in [-0.39, 0.29) is 11.4 Å². The monoisotopic (exact) mass is 303 g/mol. The number of nitro benzene ring substituents is 1. The van der Waals surface area contributed by atoms with Crippen LogP contribution >= 0.6 is 15.9 Å². The molecule has 7 heteroatoms. The van der Waals surface area contributed by atoms with Crippen LogP contribution in [0.4, 0.5) is 5.69 Å². The summed E-state index contributed by atoms with van der Waals surface area (Å²) in [5.41, 5.74) is 0.280. The van der Waals surface area contributed by atoms with Crippen molar-refractivity contribution in [3.05, 3.63) is 32.3 Å². The van der Waals surface area contributed by atoms with E-state index in [2.05, 4.69) is 25.7 Å². The average Bonchev–Trinajstić information content (AvgIpc) is 2.26. The highest BCUT2D eigenvalue weighted by atomic mass is 79.9. The number of carbonyl (C=O) groups excluding carboxylic acids is 1. The molecular formula is C10H10BrNO5. The molecule has 0 saturated heterocycles. The van der Waals surface area contributed by atoms with Crippen LogP contribution in [0.25, 0.3) is 0 Å². The van der Waals surface area contributed by atoms with E-state index in [1.54, 1.807) is 13.0 Å². The Kier molecular flexibility index (Phi) is 4.45. The Balaban J connectivity index is 3.20. The largest absolute Gasteiger partial charge is 0.352 e. The van der Waals surface area contributed by atoms with Gasteiger partial charge in [0.1, 0.15) is 0 Å². The first-order chi connectivity index (χ1) is 7.97. The second-order valence-corrected chi connectivity index (χ2v) is 4.00. The molecule has 1 aromatic rings. The van der Waals surface area contributed by atoms with E-state index in [0.717, 1.165) is 6.92 Å². The van der Waals surface area contributed by atoms with Gasteiger partial charge in [0.2, 0.25) is 0 Å². The fraction of sp³-hybridized carbons (Fsp3) is 0.300. The van der Waals surface area contributed by atoms with E-state index in [1.165, 1.54) is 6.07 Å². The number of hydrogen-bond acceptors (Lipinski definition) is 5. The van der Waals surface area contributed by atoms with Crippen molar-refractivity contribution in [3.63, 3.8) is 0 Å². The molecule has 0 aliphatic carbocycles. The fourth-order valence-corrected chi connectivity index (χ4v) is 1.90. The van der Waals surface area contributed by atoms with Crippen molar-refractivity contribution in [2.24, 2.45) is 0 Å². The first kappa shape index (κ1) is 13.4. The quantitative estimate of drug-likeness (QED) is 0.485. The zero-order valence-electron chi connectivity index (χ0n) is 9.23. The molecule has 0 amide bonds. The molecule has 0 atom stereocenters. The van der Waals surface area contributed by atoms with Gasteiger partial charge in [0, 0.05) is 17.0 Å². The number of nitrogens with zero attached hydrogens (tertiary/aromatic N) is 1. The molecule has 17 heavy (non-hydrogen) atoms. The van der Waals surface area contributed by atoms with Crippen LogP contribution in [0.5, 0.6) is 5.75 Å². The van der Waals surface area contributed by atoms with Crippen LogP contribution in [-0.2, 0) is 16.1 Å². The predicted molar refractivity (Wildman–Crippen MR) is 62.6 cm³/mol. The highest BCUT2D eigenvalue weighted by Gasteiger charge is 2.24. The molecule has 0 radical (unpaired) electrons. The number of rotatable bonds is 4. The Labute approximate surface area is 106 Å². The number of hydrogen-bond donors (Lipinski definition) is 0. The van der Waals surface area contributed by atoms with E-state index >= 15 is 0 Å². The molecule has 0 aliphatic rings. The van der Waals surface area contributed by atoms with Crippen LogP contribution in [0.2, 0.25) is 0 Å². The highest BCUT2D eigenvalue weighted by molar-refractivity contribution is 9.10. The van der Waals surface area contributed by atoms with E-state index in [0.29, 0.717) is 16.5 Å². The van der Waals surface area contributed by atoms with Gasteiger partial charge in [-0.05, 0) is 18.6 Å². The number of benzene rings is 1. The molecule has 6 nitrogen and oxygen atoms in total. The Morgan fingerprint density at radius 2 is 2.18 bits per heavy atom. The van der Waals surface area contributed by atoms with Crippen LogP contribution in [0.3, 0.4) is 0 Å². The van der Waals surface area contributed by atoms with Crippen molar-refractivity contribution >= 4 is 27.6 Å². The van der Waals surface area contributed by atoms with Crippen LogP contribution in [0.1, 0.15) is 19.4 Å². The molecule has 0 spiro atoms. The van der Waals surface area contributed by atoms with Crippen LogP contribution in [0.15, 0.2) is 16.6 Å². The van der Waals surface area contributed by atoms with Crippen molar-refractivity contribution in [1.82, 2.24) is 0 Å². The Hall–Kier alpha value is -1.63. The molecule has 0 fully saturated rings. The summed E-state index contributed by atoms with van der Waals surface area (Å²) in [4.78, 5) is 29.9. The van der Waals surface area contributed by atoms with Gasteiger partial charge in [-0.1, -0.05) is 22.9 Å². The molecule has 0 N–H and O–H groups in total. The van der Waals surface area contributed by atoms with Gasteiger partial charge >= 0.3 is 11.7 Å². The van der Waals surface area contributed by atoms with E-state index < -0.39 is 10.9 Å². The summed E-state index contributed by atoms with van der Waals surface area (Å²) in [6.07, 6.45) is 0.453. The summed E-state index contributed by atoms with van der Waals surface area (Å²) in [5, 5.41) is 11.0. The van der Waals surface area contributed by atoms with E-state index in [1.807, 2.05) is 0 Å². The maximum atomic E-state index is 11.0. The predicted octanol–water partition coefficient (Wildman–Crippen LogP) is 2.78. The molecule has 0 aliphatic heterocycles. The Bertz CT molecular complexity index is 460. The maximum absolute atomic E-state index is 11.0.